The number of carbonyl (C=O) groups is 4. The quantitative estimate of drug-likeness (QED) is 0.425. The second-order valence-electron chi connectivity index (χ2n) is 10.7. The molecule has 38 heavy (non-hydrogen) atoms. The van der Waals surface area contributed by atoms with Crippen molar-refractivity contribution in [2.24, 2.45) is 5.41 Å². The minimum Gasteiger partial charge on any atom is -0.425 e. The van der Waals surface area contributed by atoms with Crippen molar-refractivity contribution in [3.8, 4) is 0 Å². The van der Waals surface area contributed by atoms with Gasteiger partial charge in [-0.3, -0.25) is 14.4 Å². The van der Waals surface area contributed by atoms with E-state index in [-0.39, 0.29) is 23.8 Å². The Morgan fingerprint density at radius 2 is 1.89 bits per heavy atom. The van der Waals surface area contributed by atoms with Gasteiger partial charge in [-0.05, 0) is 31.2 Å². The van der Waals surface area contributed by atoms with Gasteiger partial charge in [0.05, 0.1) is 18.2 Å². The number of benzene rings is 1. The SMILES string of the molecule is CCCC[C@H](NC(=O)OC1CC(C)(C)CN1C(=O)Cc1cc(C)no1)C(=O)C(=O)N[C@H](C)c1ccccc1. The Kier molecular flexibility index (Phi) is 9.66. The molecule has 0 radical (unpaired) electrons. The number of unbranched alkanes of at least 4 members (excludes halogenated alkanes) is 1. The summed E-state index contributed by atoms with van der Waals surface area (Å²) in [5, 5.41) is 9.09. The zero-order valence-corrected chi connectivity index (χ0v) is 22.8. The first kappa shape index (κ1) is 28.9. The summed E-state index contributed by atoms with van der Waals surface area (Å²) < 4.78 is 10.8. The van der Waals surface area contributed by atoms with E-state index in [2.05, 4.69) is 15.8 Å². The number of nitrogens with zero attached hydrogens (tertiary/aromatic N) is 2. The summed E-state index contributed by atoms with van der Waals surface area (Å²) in [4.78, 5) is 53.2. The number of nitrogens with one attached hydrogen (secondary N) is 2. The number of rotatable bonds is 11. The number of ether oxygens (including phenoxy) is 1. The number of aromatic nitrogens is 1. The van der Waals surface area contributed by atoms with Gasteiger partial charge in [-0.25, -0.2) is 4.79 Å². The number of aryl methyl sites for hydroxylation is 1. The molecule has 2 aromatic rings. The lowest BCUT2D eigenvalue weighted by Crippen LogP contribution is -2.49. The van der Waals surface area contributed by atoms with E-state index in [1.54, 1.807) is 19.9 Å². The predicted octanol–water partition coefficient (Wildman–Crippen LogP) is 3.84. The predicted molar refractivity (Wildman–Crippen MR) is 140 cm³/mol. The monoisotopic (exact) mass is 526 g/mol. The molecule has 0 bridgehead atoms. The number of hydrogen-bond acceptors (Lipinski definition) is 7. The van der Waals surface area contributed by atoms with Crippen LogP contribution in [0.5, 0.6) is 0 Å². The molecule has 206 valence electrons. The molecule has 1 saturated heterocycles. The van der Waals surface area contributed by atoms with E-state index in [9.17, 15) is 19.2 Å². The van der Waals surface area contributed by atoms with Crippen LogP contribution in [-0.2, 0) is 25.5 Å². The van der Waals surface area contributed by atoms with Gasteiger partial charge in [-0.1, -0.05) is 69.1 Å². The molecule has 3 amide bonds. The van der Waals surface area contributed by atoms with Crippen LogP contribution in [0, 0.1) is 12.3 Å². The summed E-state index contributed by atoms with van der Waals surface area (Å²) >= 11 is 0. The first-order valence-electron chi connectivity index (χ1n) is 13.1. The Morgan fingerprint density at radius 1 is 1.18 bits per heavy atom. The standard InChI is InChI=1S/C28H38N4O6/c1-6-7-13-22(25(34)26(35)29-19(3)20-11-9-8-10-12-20)30-27(36)37-24-16-28(4,5)17-32(24)23(33)15-21-14-18(2)31-38-21/h8-12,14,19,22,24H,6-7,13,15-17H2,1-5H3,(H,29,35)(H,30,36)/t19-,22+,24?/m1/s1. The van der Waals surface area contributed by atoms with Gasteiger partial charge in [0.25, 0.3) is 5.91 Å². The second kappa shape index (κ2) is 12.7. The van der Waals surface area contributed by atoms with Crippen LogP contribution >= 0.6 is 0 Å². The van der Waals surface area contributed by atoms with Crippen molar-refractivity contribution in [3.05, 3.63) is 53.4 Å². The summed E-state index contributed by atoms with van der Waals surface area (Å²) in [5.74, 6) is -1.33. The van der Waals surface area contributed by atoms with Crippen molar-refractivity contribution in [1.29, 1.82) is 0 Å². The van der Waals surface area contributed by atoms with Crippen LogP contribution in [0.2, 0.25) is 0 Å². The zero-order chi connectivity index (χ0) is 27.9. The first-order valence-corrected chi connectivity index (χ1v) is 13.1. The Labute approximate surface area is 223 Å². The highest BCUT2D eigenvalue weighted by Gasteiger charge is 2.42. The fourth-order valence-electron chi connectivity index (χ4n) is 4.54. The van der Waals surface area contributed by atoms with Crippen molar-refractivity contribution < 1.29 is 28.4 Å². The minimum absolute atomic E-state index is 0.00419. The van der Waals surface area contributed by atoms with Gasteiger partial charge in [0.1, 0.15) is 11.8 Å². The third-order valence-electron chi connectivity index (χ3n) is 6.56. The van der Waals surface area contributed by atoms with Crippen LogP contribution in [0.4, 0.5) is 4.79 Å². The minimum atomic E-state index is -1.04. The molecule has 1 aliphatic rings. The zero-order valence-electron chi connectivity index (χ0n) is 22.8. The lowest BCUT2D eigenvalue weighted by molar-refractivity contribution is -0.140. The molecule has 2 heterocycles. The number of Topliss-reactive ketones (excluding diaryl/α,β-unsaturated/α-hetero) is 1. The van der Waals surface area contributed by atoms with Crippen molar-refractivity contribution in [2.45, 2.75) is 85.0 Å². The number of carbonyl (C=O) groups excluding carboxylic acids is 4. The number of amides is 3. The van der Waals surface area contributed by atoms with E-state index >= 15 is 0 Å². The van der Waals surface area contributed by atoms with Gasteiger partial charge in [0, 0.05) is 19.0 Å². The molecule has 1 aromatic carbocycles. The fraction of sp³-hybridized carbons (Fsp3) is 0.536. The van der Waals surface area contributed by atoms with Gasteiger partial charge in [-0.2, -0.15) is 0 Å². The molecule has 1 unspecified atom stereocenters. The Balaban J connectivity index is 1.64. The lowest BCUT2D eigenvalue weighted by atomic mass is 9.93. The molecule has 2 N–H and O–H groups in total. The number of alkyl carbamates (subject to hydrolysis) is 1. The highest BCUT2D eigenvalue weighted by atomic mass is 16.6. The van der Waals surface area contributed by atoms with Crippen LogP contribution < -0.4 is 10.6 Å². The Bertz CT molecular complexity index is 1130. The van der Waals surface area contributed by atoms with Crippen molar-refractivity contribution in [3.63, 3.8) is 0 Å². The average molecular weight is 527 g/mol. The molecule has 1 aliphatic heterocycles. The maximum absolute atomic E-state index is 13.0. The largest absolute Gasteiger partial charge is 0.425 e. The molecular weight excluding hydrogens is 488 g/mol. The molecule has 1 fully saturated rings. The van der Waals surface area contributed by atoms with Crippen LogP contribution in [-0.4, -0.2) is 52.6 Å². The Morgan fingerprint density at radius 3 is 2.53 bits per heavy atom. The molecule has 10 heteroatoms. The van der Waals surface area contributed by atoms with Crippen LogP contribution in [0.1, 0.15) is 76.4 Å². The summed E-state index contributed by atoms with van der Waals surface area (Å²) in [6, 6.07) is 9.57. The van der Waals surface area contributed by atoms with E-state index in [1.165, 1.54) is 4.90 Å². The highest BCUT2D eigenvalue weighted by Crippen LogP contribution is 2.35. The highest BCUT2D eigenvalue weighted by molar-refractivity contribution is 6.38. The van der Waals surface area contributed by atoms with Gasteiger partial charge in [-0.15, -0.1) is 0 Å². The molecule has 3 rings (SSSR count). The summed E-state index contributed by atoms with van der Waals surface area (Å²) in [5.41, 5.74) is 1.26. The molecule has 0 saturated carbocycles. The normalized spacial score (nSPS) is 17.9. The Hall–Kier alpha value is -3.69. The molecule has 3 atom stereocenters. The van der Waals surface area contributed by atoms with E-state index in [1.807, 2.05) is 51.1 Å². The van der Waals surface area contributed by atoms with Crippen molar-refractivity contribution in [2.75, 3.05) is 6.54 Å². The molecule has 0 aliphatic carbocycles. The van der Waals surface area contributed by atoms with Crippen molar-refractivity contribution in [1.82, 2.24) is 20.7 Å². The van der Waals surface area contributed by atoms with Crippen LogP contribution in [0.15, 0.2) is 40.9 Å². The third-order valence-corrected chi connectivity index (χ3v) is 6.56. The third kappa shape index (κ3) is 7.90. The lowest BCUT2D eigenvalue weighted by Gasteiger charge is -2.25. The molecule has 1 aromatic heterocycles. The fourth-order valence-corrected chi connectivity index (χ4v) is 4.54. The van der Waals surface area contributed by atoms with Gasteiger partial charge in [0.2, 0.25) is 11.7 Å². The average Bonchev–Trinajstić information content (AvgIpc) is 3.42. The van der Waals surface area contributed by atoms with Gasteiger partial charge < -0.3 is 24.8 Å². The maximum Gasteiger partial charge on any atom is 0.409 e. The van der Waals surface area contributed by atoms with E-state index in [0.29, 0.717) is 37.3 Å². The summed E-state index contributed by atoms with van der Waals surface area (Å²) in [7, 11) is 0. The van der Waals surface area contributed by atoms with Crippen molar-refractivity contribution >= 4 is 23.7 Å². The smallest absolute Gasteiger partial charge is 0.409 e. The number of hydrogen-bond donors (Lipinski definition) is 2. The van der Waals surface area contributed by atoms with Gasteiger partial charge >= 0.3 is 6.09 Å². The second-order valence-corrected chi connectivity index (χ2v) is 10.7. The molecule has 10 nitrogen and oxygen atoms in total. The molecular formula is C28H38N4O6. The number of ketones is 1. The molecule has 0 spiro atoms. The summed E-state index contributed by atoms with van der Waals surface area (Å²) in [6.45, 7) is 9.88. The van der Waals surface area contributed by atoms with E-state index in [0.717, 1.165) is 12.0 Å². The first-order chi connectivity index (χ1) is 18.0. The van der Waals surface area contributed by atoms with E-state index in [4.69, 9.17) is 9.26 Å². The summed E-state index contributed by atoms with van der Waals surface area (Å²) in [6.07, 6.45) is 0.481. The van der Waals surface area contributed by atoms with Crippen LogP contribution in [0.3, 0.4) is 0 Å². The van der Waals surface area contributed by atoms with Gasteiger partial charge in [0.15, 0.2) is 6.23 Å². The number of likely N-dealkylation sites (tertiary alicyclic amines) is 1. The van der Waals surface area contributed by atoms with Crippen LogP contribution in [0.25, 0.3) is 0 Å². The maximum atomic E-state index is 13.0. The van der Waals surface area contributed by atoms with E-state index < -0.39 is 30.1 Å². The topological polar surface area (TPSA) is 131 Å².